The zero-order valence-corrected chi connectivity index (χ0v) is 22.0. The lowest BCUT2D eigenvalue weighted by Crippen LogP contribution is -2.17. The maximum absolute atomic E-state index is 8.81. The Kier molecular flexibility index (Phi) is 20.4. The van der Waals surface area contributed by atoms with Crippen LogP contribution in [-0.4, -0.2) is 31.3 Å². The average molecular weight is 448 g/mol. The van der Waals surface area contributed by atoms with Gasteiger partial charge in [0.1, 0.15) is 6.29 Å². The van der Waals surface area contributed by atoms with Crippen molar-refractivity contribution in [3.05, 3.63) is 103 Å². The van der Waals surface area contributed by atoms with Crippen molar-refractivity contribution in [3.8, 4) is 11.1 Å². The minimum Gasteiger partial charge on any atom is -0.307 e. The molecule has 0 atom stereocenters. The topological polar surface area (TPSA) is 20.3 Å². The molecule has 0 fully saturated rings. The third kappa shape index (κ3) is 16.3. The molecule has 2 rings (SSSR count). The fourth-order valence-electron chi connectivity index (χ4n) is 2.61. The minimum atomic E-state index is 0.750. The molecule has 0 bridgehead atoms. The van der Waals surface area contributed by atoms with Crippen LogP contribution in [0.3, 0.4) is 0 Å². The van der Waals surface area contributed by atoms with Crippen LogP contribution in [0.25, 0.3) is 16.7 Å². The molecule has 180 valence electrons. The molecule has 0 aliphatic rings. The van der Waals surface area contributed by atoms with E-state index in [4.69, 9.17) is 4.79 Å². The number of benzene rings is 2. The van der Waals surface area contributed by atoms with Gasteiger partial charge in [-0.1, -0.05) is 111 Å². The molecule has 0 N–H and O–H groups in total. The largest absolute Gasteiger partial charge is 0.307 e. The number of carbonyl (C=O) groups is 1. The Bertz CT molecular complexity index is 846. The van der Waals surface area contributed by atoms with Gasteiger partial charge in [0.2, 0.25) is 0 Å². The number of hydrogen-bond donors (Lipinski definition) is 0. The van der Waals surface area contributed by atoms with Crippen LogP contribution in [-0.2, 0) is 4.79 Å². The predicted molar refractivity (Wildman–Crippen MR) is 151 cm³/mol. The maximum Gasteiger partial charge on any atom is 0.116 e. The van der Waals surface area contributed by atoms with Crippen molar-refractivity contribution in [1.82, 2.24) is 4.90 Å². The van der Waals surface area contributed by atoms with E-state index in [9.17, 15) is 0 Å². The molecule has 2 nitrogen and oxygen atoms in total. The van der Waals surface area contributed by atoms with Gasteiger partial charge in [-0.3, -0.25) is 0 Å². The summed E-state index contributed by atoms with van der Waals surface area (Å²) in [6.45, 7) is 25.7. The third-order valence-corrected chi connectivity index (χ3v) is 4.53. The molecule has 2 heteroatoms. The molecule has 0 saturated carbocycles. The summed E-state index contributed by atoms with van der Waals surface area (Å²) in [5, 5.41) is 0. The van der Waals surface area contributed by atoms with E-state index in [0.29, 0.717) is 0 Å². The molecular formula is C31H45NO. The van der Waals surface area contributed by atoms with Crippen LogP contribution in [0.1, 0.15) is 53.5 Å². The zero-order valence-electron chi connectivity index (χ0n) is 22.0. The first-order valence-corrected chi connectivity index (χ1v) is 11.6. The smallest absolute Gasteiger partial charge is 0.116 e. The normalized spacial score (nSPS) is 9.45. The molecule has 0 saturated heterocycles. The summed E-state index contributed by atoms with van der Waals surface area (Å²) in [6.07, 6.45) is 5.92. The summed E-state index contributed by atoms with van der Waals surface area (Å²) < 4.78 is 0. The quantitative estimate of drug-likeness (QED) is 0.313. The lowest BCUT2D eigenvalue weighted by molar-refractivity contribution is -0.106. The highest BCUT2D eigenvalue weighted by molar-refractivity contribution is 5.79. The first kappa shape index (κ1) is 32.2. The van der Waals surface area contributed by atoms with Gasteiger partial charge < -0.3 is 9.69 Å². The Balaban J connectivity index is 0. The molecule has 0 aromatic heterocycles. The summed E-state index contributed by atoms with van der Waals surface area (Å²) in [6, 6.07) is 18.8. The van der Waals surface area contributed by atoms with Crippen LogP contribution < -0.4 is 0 Å². The molecule has 2 aromatic carbocycles. The number of allylic oxidation sites excluding steroid dienone is 5. The monoisotopic (exact) mass is 447 g/mol. The van der Waals surface area contributed by atoms with Gasteiger partial charge in [0, 0.05) is 0 Å². The SMILES string of the molecule is C=C(C)C(=C)/C=C\C.C=C(C)c1ccccc1-c1ccccc1.CC=O.CCCN(C)CC. The molecule has 0 spiro atoms. The highest BCUT2D eigenvalue weighted by Gasteiger charge is 2.03. The van der Waals surface area contributed by atoms with Crippen molar-refractivity contribution < 1.29 is 4.79 Å². The van der Waals surface area contributed by atoms with Crippen LogP contribution in [0, 0.1) is 0 Å². The molecule has 0 aliphatic heterocycles. The van der Waals surface area contributed by atoms with Gasteiger partial charge in [-0.15, -0.1) is 0 Å². The molecule has 0 radical (unpaired) electrons. The lowest BCUT2D eigenvalue weighted by atomic mass is 9.96. The van der Waals surface area contributed by atoms with E-state index < -0.39 is 0 Å². The van der Waals surface area contributed by atoms with E-state index in [0.717, 1.165) is 23.0 Å². The third-order valence-electron chi connectivity index (χ3n) is 4.53. The van der Waals surface area contributed by atoms with Gasteiger partial charge in [0.25, 0.3) is 0 Å². The first-order valence-electron chi connectivity index (χ1n) is 11.6. The summed E-state index contributed by atoms with van der Waals surface area (Å²) >= 11 is 0. The van der Waals surface area contributed by atoms with E-state index in [1.54, 1.807) is 0 Å². The second-order valence-electron chi connectivity index (χ2n) is 7.63. The Labute approximate surface area is 204 Å². The molecule has 0 unspecified atom stereocenters. The second-order valence-corrected chi connectivity index (χ2v) is 7.63. The second kappa shape index (κ2) is 20.9. The Morgan fingerprint density at radius 2 is 1.42 bits per heavy atom. The van der Waals surface area contributed by atoms with Gasteiger partial charge in [-0.25, -0.2) is 0 Å². The zero-order chi connectivity index (χ0) is 25.6. The van der Waals surface area contributed by atoms with Crippen molar-refractivity contribution >= 4 is 11.9 Å². The van der Waals surface area contributed by atoms with E-state index in [1.165, 1.54) is 43.1 Å². The lowest BCUT2D eigenvalue weighted by Gasteiger charge is -2.10. The van der Waals surface area contributed by atoms with E-state index in [1.807, 2.05) is 39.0 Å². The summed E-state index contributed by atoms with van der Waals surface area (Å²) in [4.78, 5) is 11.1. The molecular weight excluding hydrogens is 402 g/mol. The number of rotatable bonds is 7. The number of carbonyl (C=O) groups excluding carboxylic acids is 1. The predicted octanol–water partition coefficient (Wildman–Crippen LogP) is 8.63. The van der Waals surface area contributed by atoms with Crippen molar-refractivity contribution in [1.29, 1.82) is 0 Å². The van der Waals surface area contributed by atoms with E-state index in [-0.39, 0.29) is 0 Å². The van der Waals surface area contributed by atoms with Gasteiger partial charge in [-0.2, -0.15) is 0 Å². The Morgan fingerprint density at radius 3 is 1.79 bits per heavy atom. The van der Waals surface area contributed by atoms with Crippen molar-refractivity contribution in [3.63, 3.8) is 0 Å². The summed E-state index contributed by atoms with van der Waals surface area (Å²) in [7, 11) is 2.14. The molecule has 0 aliphatic carbocycles. The van der Waals surface area contributed by atoms with Crippen LogP contribution >= 0.6 is 0 Å². The molecule has 0 amide bonds. The first-order chi connectivity index (χ1) is 15.7. The maximum atomic E-state index is 8.81. The minimum absolute atomic E-state index is 0.750. The van der Waals surface area contributed by atoms with Crippen molar-refractivity contribution in [2.24, 2.45) is 0 Å². The van der Waals surface area contributed by atoms with Crippen LogP contribution in [0.15, 0.2) is 97.6 Å². The van der Waals surface area contributed by atoms with Crippen LogP contribution in [0.4, 0.5) is 0 Å². The van der Waals surface area contributed by atoms with Crippen molar-refractivity contribution in [2.45, 2.75) is 48.0 Å². The highest BCUT2D eigenvalue weighted by Crippen LogP contribution is 2.27. The number of hydrogen-bond acceptors (Lipinski definition) is 2. The summed E-state index contributed by atoms with van der Waals surface area (Å²) in [5.41, 5.74) is 6.87. The van der Waals surface area contributed by atoms with E-state index in [2.05, 4.69) is 94.1 Å². The summed E-state index contributed by atoms with van der Waals surface area (Å²) in [5.74, 6) is 0. The number of nitrogens with zero attached hydrogens (tertiary/aromatic N) is 1. The van der Waals surface area contributed by atoms with Crippen LogP contribution in [0.2, 0.25) is 0 Å². The van der Waals surface area contributed by atoms with Gasteiger partial charge in [0.05, 0.1) is 0 Å². The van der Waals surface area contributed by atoms with Crippen molar-refractivity contribution in [2.75, 3.05) is 20.1 Å². The molecule has 0 heterocycles. The Morgan fingerprint density at radius 1 is 0.909 bits per heavy atom. The van der Waals surface area contributed by atoms with Gasteiger partial charge >= 0.3 is 0 Å². The highest BCUT2D eigenvalue weighted by atomic mass is 16.1. The fourth-order valence-corrected chi connectivity index (χ4v) is 2.61. The van der Waals surface area contributed by atoms with Gasteiger partial charge in [0.15, 0.2) is 0 Å². The molecule has 2 aromatic rings. The Hall–Kier alpha value is -2.97. The van der Waals surface area contributed by atoms with E-state index >= 15 is 0 Å². The average Bonchev–Trinajstić information content (AvgIpc) is 2.81. The fraction of sp³-hybridized carbons (Fsp3) is 0.323. The van der Waals surface area contributed by atoms with Gasteiger partial charge in [-0.05, 0) is 76.5 Å². The standard InChI is InChI=1S/C15H14.C8H12.C6H15N.C2H4O/c1-12(2)14-10-6-7-11-15(14)13-8-4-3-5-9-13;1-5-6-8(4)7(2)3;1-4-6-7(3)5-2;1-2-3/h3-11H,1H2,2H3;5-6H,2,4H2,1,3H3;4-6H2,1-3H3;2H,1H3/b;6-5-;;. The molecule has 33 heavy (non-hydrogen) atoms. The van der Waals surface area contributed by atoms with Crippen LogP contribution in [0.5, 0.6) is 0 Å². The number of aldehydes is 1.